The molecule has 12 heterocycles. The number of rotatable bonds is 20. The summed E-state index contributed by atoms with van der Waals surface area (Å²) < 4.78 is 70.8. The van der Waals surface area contributed by atoms with Crippen molar-refractivity contribution in [2.75, 3.05) is 131 Å². The van der Waals surface area contributed by atoms with Gasteiger partial charge in [0.1, 0.15) is 45.9 Å². The highest BCUT2D eigenvalue weighted by molar-refractivity contribution is 6.49. The summed E-state index contributed by atoms with van der Waals surface area (Å²) in [6.07, 6.45) is 10.9. The number of nitrogens with zero attached hydrogens (tertiary/aromatic N) is 6. The van der Waals surface area contributed by atoms with Gasteiger partial charge in [-0.2, -0.15) is 0 Å². The van der Waals surface area contributed by atoms with Crippen molar-refractivity contribution in [1.29, 1.82) is 0 Å². The Labute approximate surface area is 758 Å². The standard InChI is InChI=1S/C14H26BN3O5.C14H26BN3O4.2C13H24BN3O4.C12H22BN3O6.C12H22BN3O4/c1-9(2)22-15-5-3-4-10-6-18(12(20)11(16)7-19)8-14(10,17)13(21)23-15;1-9(2)21-15-6-4-5-11-7-18(12(19)10(3)16)8-14(11,17)13(20)22-15;1-9(2)20-14-5-3-4-10-7-17(11(18)6-15)8-13(10,16)12(19)21-14;1-3-20-14-6-4-5-10-7-17(11(18)9(2)15)8-13(10,16)12(19)21-14;1-2-21-13-3-4-20-9-5-16(10(18)8(14)6-17)7-12(9,15)11(19)22-13;1-2-19-13-5-3-4-9-7-16(10(17)6-14)8-12(9,15)11(18)20-13/h9-11,19H,3-8,16-17H2,1-2H3;9-11H,4-8,16-17H2,1-3H3;2*9-10H,3-8,15-16H2,1-2H3;8-9,17H,2-7,14-15H2,1H3;9H,2-8,14-15H2,1H3. The fourth-order valence-electron chi connectivity index (χ4n) is 18.1. The van der Waals surface area contributed by atoms with Crippen LogP contribution < -0.4 is 68.8 Å². The van der Waals surface area contributed by atoms with Crippen LogP contribution in [-0.2, 0) is 118 Å². The Morgan fingerprint density at radius 2 is 0.597 bits per heavy atom. The minimum atomic E-state index is -1.46. The van der Waals surface area contributed by atoms with Crippen LogP contribution in [0.3, 0.4) is 0 Å². The van der Waals surface area contributed by atoms with Gasteiger partial charge in [0, 0.05) is 153 Å². The van der Waals surface area contributed by atoms with Crippen LogP contribution in [0.4, 0.5) is 0 Å². The van der Waals surface area contributed by atoms with Gasteiger partial charge in [-0.25, -0.2) is 0 Å². The third kappa shape index (κ3) is 27.9. The van der Waals surface area contributed by atoms with E-state index < -0.39 is 167 Å². The van der Waals surface area contributed by atoms with E-state index in [-0.39, 0.29) is 130 Å². The molecule has 12 fully saturated rings. The number of amides is 6. The molecule has 726 valence electrons. The molecule has 26 N–H and O–H groups in total. The number of likely N-dealkylation sites (tertiary alicyclic amines) is 6. The smallest absolute Gasteiger partial charge is 0.508 e. The second kappa shape index (κ2) is 48.9. The molecule has 12 saturated heterocycles. The molecule has 16 unspecified atom stereocenters. The van der Waals surface area contributed by atoms with Gasteiger partial charge in [0.05, 0.1) is 44.9 Å². The predicted octanol–water partition coefficient (Wildman–Crippen LogP) is -6.57. The second-order valence-electron chi connectivity index (χ2n) is 36.4. The van der Waals surface area contributed by atoms with Crippen molar-refractivity contribution >= 4 is 114 Å². The topological polar surface area (TPSA) is 697 Å². The molecule has 0 radical (unpaired) electrons. The number of carbonyl (C=O) groups excluding carboxylic acids is 12. The van der Waals surface area contributed by atoms with Crippen molar-refractivity contribution in [3.05, 3.63) is 0 Å². The molecule has 12 rings (SSSR count). The molecule has 45 nitrogen and oxygen atoms in total. The van der Waals surface area contributed by atoms with Crippen molar-refractivity contribution in [3.8, 4) is 0 Å². The molecule has 6 amide bonds. The van der Waals surface area contributed by atoms with Gasteiger partial charge in [0.25, 0.3) is 0 Å². The molecule has 0 aliphatic carbocycles. The predicted molar refractivity (Wildman–Crippen MR) is 473 cm³/mol. The highest BCUT2D eigenvalue weighted by Gasteiger charge is 2.60. The number of hydrogen-bond acceptors (Lipinski definition) is 39. The Morgan fingerprint density at radius 3 is 0.860 bits per heavy atom. The summed E-state index contributed by atoms with van der Waals surface area (Å²) in [6, 6.07) is -3.22. The van der Waals surface area contributed by atoms with Crippen LogP contribution in [0.2, 0.25) is 37.9 Å². The van der Waals surface area contributed by atoms with E-state index in [2.05, 4.69) is 0 Å². The monoisotopic (exact) mass is 1830 g/mol. The van der Waals surface area contributed by atoms with E-state index in [9.17, 15) is 57.5 Å². The van der Waals surface area contributed by atoms with E-state index in [0.717, 1.165) is 57.8 Å². The maximum absolute atomic E-state index is 12.5. The first-order valence-electron chi connectivity index (χ1n) is 45.5. The minimum Gasteiger partial charge on any atom is -0.508 e. The van der Waals surface area contributed by atoms with Gasteiger partial charge in [-0.05, 0) is 140 Å². The molecule has 12 aliphatic heterocycles. The lowest BCUT2D eigenvalue weighted by Crippen LogP contribution is -2.61. The van der Waals surface area contributed by atoms with Gasteiger partial charge in [-0.1, -0.05) is 32.1 Å². The molecular weight excluding hydrogens is 1690 g/mol. The first kappa shape index (κ1) is 109. The van der Waals surface area contributed by atoms with Gasteiger partial charge >= 0.3 is 78.5 Å². The molecule has 129 heavy (non-hydrogen) atoms. The van der Waals surface area contributed by atoms with E-state index >= 15 is 0 Å². The lowest BCUT2D eigenvalue weighted by molar-refractivity contribution is -0.148. The molecule has 0 aromatic carbocycles. The molecule has 0 aromatic heterocycles. The van der Waals surface area contributed by atoms with E-state index in [4.69, 9.17) is 140 Å². The van der Waals surface area contributed by atoms with Crippen molar-refractivity contribution in [3.63, 3.8) is 0 Å². The third-order valence-electron chi connectivity index (χ3n) is 25.3. The lowest BCUT2D eigenvalue weighted by Gasteiger charge is -2.32. The summed E-state index contributed by atoms with van der Waals surface area (Å²) in [6.45, 7) is 23.7. The van der Waals surface area contributed by atoms with E-state index in [1.807, 2.05) is 55.4 Å². The summed E-state index contributed by atoms with van der Waals surface area (Å²) in [5.74, 6) is -5.25. The summed E-state index contributed by atoms with van der Waals surface area (Å²) in [7, 11) is -3.50. The highest BCUT2D eigenvalue weighted by atomic mass is 16.7. The molecule has 16 atom stereocenters. The Morgan fingerprint density at radius 1 is 0.364 bits per heavy atom. The number of aliphatic hydroxyl groups excluding tert-OH is 2. The van der Waals surface area contributed by atoms with Crippen molar-refractivity contribution in [1.82, 2.24) is 29.4 Å². The van der Waals surface area contributed by atoms with Gasteiger partial charge in [0.2, 0.25) is 35.4 Å². The van der Waals surface area contributed by atoms with E-state index in [0.29, 0.717) is 103 Å². The van der Waals surface area contributed by atoms with Crippen LogP contribution in [0.15, 0.2) is 0 Å². The second-order valence-corrected chi connectivity index (χ2v) is 36.4. The van der Waals surface area contributed by atoms with Crippen LogP contribution in [-0.4, -0.2) is 367 Å². The molecule has 0 bridgehead atoms. The van der Waals surface area contributed by atoms with Gasteiger partial charge in [0.15, 0.2) is 5.54 Å². The SMILES string of the molecule is CC(C)OB1CCCC2CN(C(=O)C(C)N)CC2(N)C(=O)O1.CC(C)OB1CCCC2CN(C(=O)C(N)CO)CC2(N)C(=O)O1.CC(C)OB1CCCC2CN(C(=O)CN)CC2(N)C(=O)O1.CCOB1CCCC2CN(C(=O)C(C)N)CC2(N)C(=O)O1.CCOB1CCCC2CN(C(=O)CN)CC2(N)C(=O)O1.CCOB1CCOC2CN(C(=O)C(N)CO)CC2(N)C(=O)O1. The fourth-order valence-corrected chi connectivity index (χ4v) is 18.1. The molecule has 0 aromatic rings. The lowest BCUT2D eigenvalue weighted by atomic mass is 9.74. The summed E-state index contributed by atoms with van der Waals surface area (Å²) in [5.41, 5.74) is 63.5. The van der Waals surface area contributed by atoms with E-state index in [1.165, 1.54) is 9.80 Å². The van der Waals surface area contributed by atoms with Crippen LogP contribution in [0.5, 0.6) is 0 Å². The minimum absolute atomic E-state index is 0.0226. The molecular formula is C78H144B6N18O27. The average Bonchev–Trinajstić information content (AvgIpc) is 1.65. The van der Waals surface area contributed by atoms with Crippen molar-refractivity contribution < 1.29 is 128 Å². The Kier molecular flexibility index (Phi) is 41.4. The molecule has 0 spiro atoms. The summed E-state index contributed by atoms with van der Waals surface area (Å²) in [5, 5.41) is 18.0. The normalized spacial score (nSPS) is 30.4. The van der Waals surface area contributed by atoms with E-state index in [1.54, 1.807) is 40.4 Å². The maximum Gasteiger partial charge on any atom is 0.529 e. The number of aliphatic hydroxyl groups is 2. The summed E-state index contributed by atoms with van der Waals surface area (Å²) >= 11 is 0. The number of ether oxygens (including phenoxy) is 1. The third-order valence-corrected chi connectivity index (χ3v) is 25.3. The fraction of sp³-hybridized carbons (Fsp3) is 0.846. The van der Waals surface area contributed by atoms with Gasteiger partial charge in [-0.3, -0.25) is 57.5 Å². The number of fused-ring (bicyclic) bond motifs is 6. The Bertz CT molecular complexity index is 3780. The van der Waals surface area contributed by atoms with Crippen molar-refractivity contribution in [2.24, 2.45) is 98.4 Å². The number of carbonyl (C=O) groups is 12. The zero-order valence-corrected chi connectivity index (χ0v) is 77.1. The zero-order valence-electron chi connectivity index (χ0n) is 77.1. The maximum atomic E-state index is 12.5. The highest BCUT2D eigenvalue weighted by Crippen LogP contribution is 2.40. The summed E-state index contributed by atoms with van der Waals surface area (Å²) in [4.78, 5) is 155. The first-order chi connectivity index (χ1) is 60.7. The Balaban J connectivity index is 0.000000212. The van der Waals surface area contributed by atoms with Crippen LogP contribution >= 0.6 is 0 Å². The quantitative estimate of drug-likeness (QED) is 0.0504. The van der Waals surface area contributed by atoms with Crippen LogP contribution in [0.25, 0.3) is 0 Å². The molecule has 0 saturated carbocycles. The number of hydrogen-bond donors (Lipinski definition) is 14. The largest absolute Gasteiger partial charge is 0.529 e. The first-order valence-corrected chi connectivity index (χ1v) is 45.5. The Hall–Kier alpha value is -6.81. The molecule has 12 aliphatic rings. The average molecular weight is 1830 g/mol. The zero-order chi connectivity index (χ0) is 96.0. The molecule has 51 heteroatoms. The van der Waals surface area contributed by atoms with Gasteiger partial charge in [-0.15, -0.1) is 0 Å². The number of nitrogens with two attached hydrogens (primary N) is 12. The van der Waals surface area contributed by atoms with Crippen LogP contribution in [0, 0.1) is 29.6 Å². The van der Waals surface area contributed by atoms with Crippen molar-refractivity contribution in [2.45, 2.75) is 260 Å². The van der Waals surface area contributed by atoms with Gasteiger partial charge < -0.3 is 169 Å². The van der Waals surface area contributed by atoms with Crippen LogP contribution in [0.1, 0.15) is 140 Å².